The SMILES string of the molecule is CNCC(O)c1ccc(OC(C)C)cc1. The van der Waals surface area contributed by atoms with Gasteiger partial charge in [0.15, 0.2) is 0 Å². The number of aliphatic hydroxyl groups is 1. The number of hydrogen-bond acceptors (Lipinski definition) is 3. The van der Waals surface area contributed by atoms with Crippen molar-refractivity contribution in [2.75, 3.05) is 13.6 Å². The van der Waals surface area contributed by atoms with Crippen molar-refractivity contribution >= 4 is 0 Å². The maximum atomic E-state index is 9.69. The fraction of sp³-hybridized carbons (Fsp3) is 0.500. The van der Waals surface area contributed by atoms with Crippen molar-refractivity contribution in [3.63, 3.8) is 0 Å². The molecule has 3 nitrogen and oxygen atoms in total. The number of aliphatic hydroxyl groups excluding tert-OH is 1. The highest BCUT2D eigenvalue weighted by Crippen LogP contribution is 2.18. The van der Waals surface area contributed by atoms with E-state index in [0.29, 0.717) is 6.54 Å². The average Bonchev–Trinajstić information content (AvgIpc) is 2.18. The van der Waals surface area contributed by atoms with Gasteiger partial charge in [0.2, 0.25) is 0 Å². The Morgan fingerprint density at radius 2 is 1.87 bits per heavy atom. The van der Waals surface area contributed by atoms with Crippen LogP contribution in [0.2, 0.25) is 0 Å². The van der Waals surface area contributed by atoms with Gasteiger partial charge in [-0.3, -0.25) is 0 Å². The molecule has 0 aliphatic heterocycles. The van der Waals surface area contributed by atoms with Crippen LogP contribution in [0.5, 0.6) is 5.75 Å². The van der Waals surface area contributed by atoms with Gasteiger partial charge in [-0.05, 0) is 38.6 Å². The van der Waals surface area contributed by atoms with Crippen LogP contribution in [-0.4, -0.2) is 24.8 Å². The van der Waals surface area contributed by atoms with E-state index < -0.39 is 6.10 Å². The second-order valence-corrected chi connectivity index (χ2v) is 3.81. The summed E-state index contributed by atoms with van der Waals surface area (Å²) in [4.78, 5) is 0. The highest BCUT2D eigenvalue weighted by atomic mass is 16.5. The predicted octanol–water partition coefficient (Wildman–Crippen LogP) is 1.73. The second-order valence-electron chi connectivity index (χ2n) is 3.81. The molecule has 0 saturated carbocycles. The molecule has 1 aromatic carbocycles. The van der Waals surface area contributed by atoms with Gasteiger partial charge in [-0.2, -0.15) is 0 Å². The summed E-state index contributed by atoms with van der Waals surface area (Å²) < 4.78 is 5.51. The van der Waals surface area contributed by atoms with Crippen LogP contribution in [0.1, 0.15) is 25.5 Å². The Kier molecular flexibility index (Phi) is 4.59. The first-order valence-corrected chi connectivity index (χ1v) is 5.22. The molecular formula is C12H19NO2. The molecule has 0 aliphatic carbocycles. The summed E-state index contributed by atoms with van der Waals surface area (Å²) in [5.41, 5.74) is 0.903. The largest absolute Gasteiger partial charge is 0.491 e. The van der Waals surface area contributed by atoms with Crippen molar-refractivity contribution in [3.05, 3.63) is 29.8 Å². The molecule has 1 aromatic rings. The van der Waals surface area contributed by atoms with Gasteiger partial charge in [-0.25, -0.2) is 0 Å². The van der Waals surface area contributed by atoms with E-state index >= 15 is 0 Å². The van der Waals surface area contributed by atoms with Gasteiger partial charge >= 0.3 is 0 Å². The number of nitrogens with one attached hydrogen (secondary N) is 1. The first-order chi connectivity index (χ1) is 7.13. The number of likely N-dealkylation sites (N-methyl/N-ethyl adjacent to an activating group) is 1. The third kappa shape index (κ3) is 3.90. The predicted molar refractivity (Wildman–Crippen MR) is 61.1 cm³/mol. The zero-order valence-corrected chi connectivity index (χ0v) is 9.53. The van der Waals surface area contributed by atoms with Gasteiger partial charge in [0, 0.05) is 6.54 Å². The Morgan fingerprint density at radius 3 is 2.33 bits per heavy atom. The molecule has 3 heteroatoms. The van der Waals surface area contributed by atoms with Crippen molar-refractivity contribution in [1.29, 1.82) is 0 Å². The highest BCUT2D eigenvalue weighted by molar-refractivity contribution is 5.28. The molecule has 0 bridgehead atoms. The van der Waals surface area contributed by atoms with E-state index in [1.807, 2.05) is 45.2 Å². The van der Waals surface area contributed by atoms with Crippen LogP contribution in [0.4, 0.5) is 0 Å². The van der Waals surface area contributed by atoms with Crippen LogP contribution >= 0.6 is 0 Å². The van der Waals surface area contributed by atoms with Gasteiger partial charge in [0.25, 0.3) is 0 Å². The quantitative estimate of drug-likeness (QED) is 0.776. The maximum absolute atomic E-state index is 9.69. The van der Waals surface area contributed by atoms with Crippen molar-refractivity contribution in [1.82, 2.24) is 5.32 Å². The summed E-state index contributed by atoms with van der Waals surface area (Å²) in [6.45, 7) is 4.54. The molecule has 84 valence electrons. The first-order valence-electron chi connectivity index (χ1n) is 5.22. The monoisotopic (exact) mass is 209 g/mol. The van der Waals surface area contributed by atoms with E-state index in [4.69, 9.17) is 4.74 Å². The van der Waals surface area contributed by atoms with Crippen LogP contribution in [0, 0.1) is 0 Å². The standard InChI is InChI=1S/C12H19NO2/c1-9(2)15-11-6-4-10(5-7-11)12(14)8-13-3/h4-7,9,12-14H,8H2,1-3H3. The normalized spacial score (nSPS) is 12.9. The third-order valence-corrected chi connectivity index (χ3v) is 2.03. The van der Waals surface area contributed by atoms with Gasteiger partial charge in [0.05, 0.1) is 12.2 Å². The van der Waals surface area contributed by atoms with Crippen LogP contribution in [0.3, 0.4) is 0 Å². The third-order valence-electron chi connectivity index (χ3n) is 2.03. The molecular weight excluding hydrogens is 190 g/mol. The molecule has 2 N–H and O–H groups in total. The topological polar surface area (TPSA) is 41.5 Å². The summed E-state index contributed by atoms with van der Waals surface area (Å²) in [6, 6.07) is 7.54. The zero-order valence-electron chi connectivity index (χ0n) is 9.53. The highest BCUT2D eigenvalue weighted by Gasteiger charge is 2.06. The lowest BCUT2D eigenvalue weighted by Gasteiger charge is -2.12. The number of rotatable bonds is 5. The van der Waals surface area contributed by atoms with E-state index in [1.54, 1.807) is 0 Å². The average molecular weight is 209 g/mol. The van der Waals surface area contributed by atoms with E-state index in [9.17, 15) is 5.11 Å². The molecule has 0 fully saturated rings. The van der Waals surface area contributed by atoms with E-state index in [-0.39, 0.29) is 6.10 Å². The van der Waals surface area contributed by atoms with E-state index in [1.165, 1.54) is 0 Å². The zero-order chi connectivity index (χ0) is 11.3. The maximum Gasteiger partial charge on any atom is 0.119 e. The van der Waals surface area contributed by atoms with Crippen molar-refractivity contribution in [2.45, 2.75) is 26.1 Å². The fourth-order valence-electron chi connectivity index (χ4n) is 1.35. The van der Waals surface area contributed by atoms with E-state index in [2.05, 4.69) is 5.32 Å². The molecule has 0 amide bonds. The van der Waals surface area contributed by atoms with Crippen molar-refractivity contribution in [2.24, 2.45) is 0 Å². The Balaban J connectivity index is 2.63. The Bertz CT molecular complexity index is 282. The van der Waals surface area contributed by atoms with Gasteiger partial charge < -0.3 is 15.2 Å². The second kappa shape index (κ2) is 5.73. The lowest BCUT2D eigenvalue weighted by molar-refractivity contribution is 0.177. The van der Waals surface area contributed by atoms with Crippen LogP contribution in [-0.2, 0) is 0 Å². The lowest BCUT2D eigenvalue weighted by Crippen LogP contribution is -2.16. The molecule has 0 aliphatic rings. The van der Waals surface area contributed by atoms with Crippen LogP contribution < -0.4 is 10.1 Å². The molecule has 0 radical (unpaired) electrons. The molecule has 0 heterocycles. The van der Waals surface area contributed by atoms with Crippen LogP contribution in [0.15, 0.2) is 24.3 Å². The summed E-state index contributed by atoms with van der Waals surface area (Å²) in [5.74, 6) is 0.838. The van der Waals surface area contributed by atoms with Crippen molar-refractivity contribution in [3.8, 4) is 5.75 Å². The van der Waals surface area contributed by atoms with Gasteiger partial charge in [-0.15, -0.1) is 0 Å². The lowest BCUT2D eigenvalue weighted by atomic mass is 10.1. The Morgan fingerprint density at radius 1 is 1.27 bits per heavy atom. The van der Waals surface area contributed by atoms with Gasteiger partial charge in [-0.1, -0.05) is 12.1 Å². The molecule has 1 unspecified atom stereocenters. The number of ether oxygens (including phenoxy) is 1. The first kappa shape index (κ1) is 12.0. The molecule has 15 heavy (non-hydrogen) atoms. The van der Waals surface area contributed by atoms with Crippen molar-refractivity contribution < 1.29 is 9.84 Å². The molecule has 0 aromatic heterocycles. The smallest absolute Gasteiger partial charge is 0.119 e. The van der Waals surface area contributed by atoms with Crippen LogP contribution in [0.25, 0.3) is 0 Å². The van der Waals surface area contributed by atoms with Gasteiger partial charge in [0.1, 0.15) is 5.75 Å². The summed E-state index contributed by atoms with van der Waals surface area (Å²) in [5, 5.41) is 12.6. The number of benzene rings is 1. The number of hydrogen-bond donors (Lipinski definition) is 2. The minimum absolute atomic E-state index is 0.179. The summed E-state index contributed by atoms with van der Waals surface area (Å²) in [7, 11) is 1.82. The fourth-order valence-corrected chi connectivity index (χ4v) is 1.35. The molecule has 0 saturated heterocycles. The molecule has 1 atom stereocenters. The van der Waals surface area contributed by atoms with E-state index in [0.717, 1.165) is 11.3 Å². The minimum Gasteiger partial charge on any atom is -0.491 e. The Labute approximate surface area is 91.1 Å². The molecule has 1 rings (SSSR count). The summed E-state index contributed by atoms with van der Waals surface area (Å²) >= 11 is 0. The minimum atomic E-state index is -0.455. The summed E-state index contributed by atoms with van der Waals surface area (Å²) in [6.07, 6.45) is -0.277. The molecule has 0 spiro atoms. The Hall–Kier alpha value is -1.06.